The van der Waals surface area contributed by atoms with Crippen molar-refractivity contribution in [2.24, 2.45) is 0 Å². The summed E-state index contributed by atoms with van der Waals surface area (Å²) in [4.78, 5) is 21.3. The molecule has 0 bridgehead atoms. The van der Waals surface area contributed by atoms with Crippen molar-refractivity contribution < 1.29 is 4.79 Å². The highest BCUT2D eigenvalue weighted by atomic mass is 32.2. The lowest BCUT2D eigenvalue weighted by atomic mass is 10.2. The predicted molar refractivity (Wildman–Crippen MR) is 88.1 cm³/mol. The number of hydrogen-bond acceptors (Lipinski definition) is 5. The van der Waals surface area contributed by atoms with Gasteiger partial charge in [0, 0.05) is 24.3 Å². The van der Waals surface area contributed by atoms with Crippen LogP contribution in [0.5, 0.6) is 0 Å². The summed E-state index contributed by atoms with van der Waals surface area (Å²) in [5, 5.41) is 6.66. The third kappa shape index (κ3) is 3.67. The van der Waals surface area contributed by atoms with E-state index in [0.717, 1.165) is 6.42 Å². The van der Waals surface area contributed by atoms with E-state index < -0.39 is 0 Å². The number of thioether (sulfide) groups is 1. The second-order valence-corrected chi connectivity index (χ2v) is 6.76. The average Bonchev–Trinajstić information content (AvgIpc) is 2.93. The first kappa shape index (κ1) is 16.1. The normalized spacial score (nSPS) is 21.6. The summed E-state index contributed by atoms with van der Waals surface area (Å²) in [6.45, 7) is 4.05. The maximum Gasteiger partial charge on any atom is 0.272 e. The standard InChI is InChI=1S/C15H24N4OS/c1-9(2)14-17-8-11(16-3)13(19-14)15(20)18-10-6-5-7-12(10)21-4/h8-10,12,16H,5-7H2,1-4H3,(H,18,20). The summed E-state index contributed by atoms with van der Waals surface area (Å²) in [6, 6.07) is 0.245. The molecular weight excluding hydrogens is 284 g/mol. The average molecular weight is 308 g/mol. The Balaban J connectivity index is 2.19. The number of rotatable bonds is 5. The van der Waals surface area contributed by atoms with Gasteiger partial charge in [-0.3, -0.25) is 4.79 Å². The van der Waals surface area contributed by atoms with E-state index in [2.05, 4.69) is 26.9 Å². The van der Waals surface area contributed by atoms with Crippen LogP contribution < -0.4 is 10.6 Å². The Bertz CT molecular complexity index is 506. The second kappa shape index (κ2) is 7.11. The number of anilines is 1. The molecule has 1 heterocycles. The highest BCUT2D eigenvalue weighted by Gasteiger charge is 2.29. The Labute approximate surface area is 130 Å². The number of hydrogen-bond donors (Lipinski definition) is 2. The zero-order chi connectivity index (χ0) is 15.4. The molecule has 2 unspecified atom stereocenters. The Morgan fingerprint density at radius 1 is 1.43 bits per heavy atom. The molecule has 6 heteroatoms. The molecule has 5 nitrogen and oxygen atoms in total. The maximum absolute atomic E-state index is 12.6. The van der Waals surface area contributed by atoms with E-state index in [9.17, 15) is 4.79 Å². The van der Waals surface area contributed by atoms with Crippen molar-refractivity contribution >= 4 is 23.4 Å². The Hall–Kier alpha value is -1.30. The predicted octanol–water partition coefficient (Wildman–Crippen LogP) is 2.66. The van der Waals surface area contributed by atoms with E-state index in [-0.39, 0.29) is 17.9 Å². The van der Waals surface area contributed by atoms with Gasteiger partial charge in [0.25, 0.3) is 5.91 Å². The molecule has 1 amide bonds. The van der Waals surface area contributed by atoms with Gasteiger partial charge in [0.2, 0.25) is 0 Å². The van der Waals surface area contributed by atoms with Crippen LogP contribution in [-0.2, 0) is 0 Å². The molecule has 2 atom stereocenters. The molecule has 0 aliphatic heterocycles. The summed E-state index contributed by atoms with van der Waals surface area (Å²) in [5.74, 6) is 0.800. The molecule has 0 radical (unpaired) electrons. The van der Waals surface area contributed by atoms with Crippen LogP contribution >= 0.6 is 11.8 Å². The lowest BCUT2D eigenvalue weighted by Crippen LogP contribution is -2.39. The molecule has 0 spiro atoms. The van der Waals surface area contributed by atoms with Gasteiger partial charge in [-0.25, -0.2) is 9.97 Å². The van der Waals surface area contributed by atoms with E-state index >= 15 is 0 Å². The molecule has 2 N–H and O–H groups in total. The first-order valence-corrected chi connectivity index (χ1v) is 8.74. The SMILES string of the molecule is CNc1cnc(C(C)C)nc1C(=O)NC1CCCC1SC. The fourth-order valence-electron chi connectivity index (χ4n) is 2.64. The highest BCUT2D eigenvalue weighted by molar-refractivity contribution is 7.99. The quantitative estimate of drug-likeness (QED) is 0.875. The Morgan fingerprint density at radius 2 is 2.19 bits per heavy atom. The zero-order valence-electron chi connectivity index (χ0n) is 13.1. The van der Waals surface area contributed by atoms with E-state index in [4.69, 9.17) is 0 Å². The number of carbonyl (C=O) groups excluding carboxylic acids is 1. The molecule has 0 saturated heterocycles. The molecule has 1 saturated carbocycles. The van der Waals surface area contributed by atoms with Crippen molar-refractivity contribution in [1.82, 2.24) is 15.3 Å². The molecular formula is C15H24N4OS. The largest absolute Gasteiger partial charge is 0.385 e. The van der Waals surface area contributed by atoms with Gasteiger partial charge >= 0.3 is 0 Å². The zero-order valence-corrected chi connectivity index (χ0v) is 14.0. The van der Waals surface area contributed by atoms with Crippen LogP contribution in [0.4, 0.5) is 5.69 Å². The first-order chi connectivity index (χ1) is 10.1. The van der Waals surface area contributed by atoms with Gasteiger partial charge in [0.15, 0.2) is 5.69 Å². The van der Waals surface area contributed by atoms with Crippen molar-refractivity contribution in [3.05, 3.63) is 17.7 Å². The van der Waals surface area contributed by atoms with Crippen LogP contribution in [0.25, 0.3) is 0 Å². The lowest BCUT2D eigenvalue weighted by molar-refractivity contribution is 0.0934. The molecule has 116 valence electrons. The van der Waals surface area contributed by atoms with Gasteiger partial charge in [0.1, 0.15) is 5.82 Å². The molecule has 1 aromatic heterocycles. The summed E-state index contributed by atoms with van der Waals surface area (Å²) < 4.78 is 0. The van der Waals surface area contributed by atoms with Crippen molar-refractivity contribution in [3.63, 3.8) is 0 Å². The highest BCUT2D eigenvalue weighted by Crippen LogP contribution is 2.28. The summed E-state index contributed by atoms with van der Waals surface area (Å²) in [7, 11) is 1.78. The minimum atomic E-state index is -0.102. The number of nitrogens with zero attached hydrogens (tertiary/aromatic N) is 2. The molecule has 0 aromatic carbocycles. The van der Waals surface area contributed by atoms with Gasteiger partial charge in [-0.15, -0.1) is 0 Å². The Morgan fingerprint density at radius 3 is 2.81 bits per heavy atom. The Kier molecular flexibility index (Phi) is 5.45. The number of aromatic nitrogens is 2. The topological polar surface area (TPSA) is 66.9 Å². The van der Waals surface area contributed by atoms with Gasteiger partial charge in [-0.1, -0.05) is 20.3 Å². The number of amides is 1. The van der Waals surface area contributed by atoms with E-state index in [1.54, 1.807) is 13.2 Å². The summed E-state index contributed by atoms with van der Waals surface area (Å²) in [6.07, 6.45) is 7.20. The van der Waals surface area contributed by atoms with E-state index in [1.807, 2.05) is 25.6 Å². The van der Waals surface area contributed by atoms with Crippen LogP contribution in [0.2, 0.25) is 0 Å². The first-order valence-electron chi connectivity index (χ1n) is 7.45. The lowest BCUT2D eigenvalue weighted by Gasteiger charge is -2.20. The maximum atomic E-state index is 12.6. The van der Waals surface area contributed by atoms with Crippen LogP contribution in [0.3, 0.4) is 0 Å². The van der Waals surface area contributed by atoms with Crippen molar-refractivity contribution in [2.45, 2.75) is 50.3 Å². The van der Waals surface area contributed by atoms with Crippen LogP contribution in [0.15, 0.2) is 6.20 Å². The fourth-order valence-corrected chi connectivity index (χ4v) is 3.57. The van der Waals surface area contributed by atoms with Crippen LogP contribution in [0, 0.1) is 0 Å². The minimum Gasteiger partial charge on any atom is -0.385 e. The van der Waals surface area contributed by atoms with Crippen LogP contribution in [0.1, 0.15) is 55.3 Å². The number of carbonyl (C=O) groups is 1. The van der Waals surface area contributed by atoms with E-state index in [0.29, 0.717) is 22.5 Å². The van der Waals surface area contributed by atoms with Crippen molar-refractivity contribution in [3.8, 4) is 0 Å². The second-order valence-electron chi connectivity index (χ2n) is 5.68. The molecule has 1 aromatic rings. The smallest absolute Gasteiger partial charge is 0.272 e. The van der Waals surface area contributed by atoms with E-state index in [1.165, 1.54) is 12.8 Å². The van der Waals surface area contributed by atoms with Crippen molar-refractivity contribution in [2.75, 3.05) is 18.6 Å². The summed E-state index contributed by atoms with van der Waals surface area (Å²) >= 11 is 1.83. The molecule has 1 aliphatic carbocycles. The monoisotopic (exact) mass is 308 g/mol. The van der Waals surface area contributed by atoms with Gasteiger partial charge in [0.05, 0.1) is 11.9 Å². The fraction of sp³-hybridized carbons (Fsp3) is 0.667. The molecule has 2 rings (SSSR count). The van der Waals surface area contributed by atoms with Gasteiger partial charge in [-0.2, -0.15) is 11.8 Å². The van der Waals surface area contributed by atoms with Gasteiger partial charge in [-0.05, 0) is 19.1 Å². The summed E-state index contributed by atoms with van der Waals surface area (Å²) in [5.41, 5.74) is 1.12. The molecule has 21 heavy (non-hydrogen) atoms. The van der Waals surface area contributed by atoms with Gasteiger partial charge < -0.3 is 10.6 Å². The third-order valence-electron chi connectivity index (χ3n) is 3.88. The third-order valence-corrected chi connectivity index (χ3v) is 5.05. The molecule has 1 aliphatic rings. The minimum absolute atomic E-state index is 0.102. The molecule has 1 fully saturated rings. The number of nitrogens with one attached hydrogen (secondary N) is 2. The van der Waals surface area contributed by atoms with Crippen LogP contribution in [-0.4, -0.2) is 40.5 Å². The van der Waals surface area contributed by atoms with Crippen molar-refractivity contribution in [1.29, 1.82) is 0 Å².